The van der Waals surface area contributed by atoms with Crippen LogP contribution in [0.2, 0.25) is 0 Å². The average molecular weight is 554 g/mol. The van der Waals surface area contributed by atoms with E-state index in [1.807, 2.05) is 0 Å². The van der Waals surface area contributed by atoms with Crippen LogP contribution in [0.3, 0.4) is 0 Å². The molecule has 0 bridgehead atoms. The van der Waals surface area contributed by atoms with Crippen molar-refractivity contribution in [2.45, 2.75) is 60.5 Å². The molecule has 2 atom stereocenters. The predicted octanol–water partition coefficient (Wildman–Crippen LogP) is 6.66. The number of rotatable bonds is 7. The van der Waals surface area contributed by atoms with Gasteiger partial charge in [0, 0.05) is 5.57 Å². The normalized spacial score (nSPS) is 19.5. The Balaban J connectivity index is 7.88. The molecule has 202 valence electrons. The summed E-state index contributed by atoms with van der Waals surface area (Å²) in [6, 6.07) is 0. The van der Waals surface area contributed by atoms with Gasteiger partial charge in [-0.25, -0.2) is 13.6 Å². The first-order valence-corrected chi connectivity index (χ1v) is 7.35. The van der Waals surface area contributed by atoms with Crippen molar-refractivity contribution in [3.05, 3.63) is 11.6 Å². The molecule has 0 fully saturated rings. The minimum Gasteiger partial charge on any atom is -0.478 e. The van der Waals surface area contributed by atoms with Crippen molar-refractivity contribution in [1.29, 1.82) is 0 Å². The highest BCUT2D eigenvalue weighted by Gasteiger charge is 2.98. The zero-order valence-electron chi connectivity index (χ0n) is 15.1. The molecule has 0 aromatic heterocycles. The fraction of sp³-hybridized carbons (Fsp3) is 0.769. The molecule has 0 amide bonds. The van der Waals surface area contributed by atoms with Crippen molar-refractivity contribution < 1.29 is 93.3 Å². The van der Waals surface area contributed by atoms with E-state index in [0.717, 1.165) is 0 Å². The maximum atomic E-state index is 14.5. The van der Waals surface area contributed by atoms with Gasteiger partial charge in [0.1, 0.15) is 0 Å². The van der Waals surface area contributed by atoms with Gasteiger partial charge in [-0.2, -0.15) is 74.6 Å². The summed E-state index contributed by atoms with van der Waals surface area (Å²) < 4.78 is 250. The quantitative estimate of drug-likeness (QED) is 0.283. The monoisotopic (exact) mass is 554 g/mol. The molecule has 0 aliphatic rings. The second-order valence-corrected chi connectivity index (χ2v) is 6.29. The Morgan fingerprint density at radius 2 is 0.853 bits per heavy atom. The molecule has 34 heavy (non-hydrogen) atoms. The van der Waals surface area contributed by atoms with E-state index in [9.17, 15) is 88.2 Å². The van der Waals surface area contributed by atoms with Crippen molar-refractivity contribution in [3.63, 3.8) is 0 Å². The van der Waals surface area contributed by atoms with Crippen LogP contribution >= 0.6 is 0 Å². The van der Waals surface area contributed by atoms with E-state index < -0.39 is 78.1 Å². The Kier molecular flexibility index (Phi) is 7.46. The van der Waals surface area contributed by atoms with Crippen LogP contribution in [0.25, 0.3) is 0 Å². The van der Waals surface area contributed by atoms with Crippen molar-refractivity contribution in [2.24, 2.45) is 0 Å². The molecule has 0 heterocycles. The van der Waals surface area contributed by atoms with E-state index in [1.165, 1.54) is 0 Å². The molecule has 2 nitrogen and oxygen atoms in total. The van der Waals surface area contributed by atoms with Gasteiger partial charge < -0.3 is 5.11 Å². The molecule has 2 unspecified atom stereocenters. The molecule has 0 rings (SSSR count). The van der Waals surface area contributed by atoms with E-state index in [4.69, 9.17) is 5.11 Å². The Hall–Kier alpha value is -2.12. The smallest absolute Gasteiger partial charge is 0.457 e. The van der Waals surface area contributed by atoms with Crippen LogP contribution in [0.15, 0.2) is 11.6 Å². The summed E-state index contributed by atoms with van der Waals surface area (Å²) >= 11 is 0. The molecule has 0 aliphatic heterocycles. The first-order chi connectivity index (χ1) is 14.3. The van der Waals surface area contributed by atoms with Crippen LogP contribution in [0, 0.1) is 0 Å². The Morgan fingerprint density at radius 3 is 1.09 bits per heavy atom. The van der Waals surface area contributed by atoms with Crippen LogP contribution in [0.4, 0.5) is 83.4 Å². The van der Waals surface area contributed by atoms with Gasteiger partial charge in [0.05, 0.1) is 0 Å². The third kappa shape index (κ3) is 4.01. The molecular weight excluding hydrogens is 549 g/mol. The van der Waals surface area contributed by atoms with E-state index in [1.54, 1.807) is 0 Å². The van der Waals surface area contributed by atoms with Crippen molar-refractivity contribution >= 4 is 5.97 Å². The Bertz CT molecular complexity index is 816. The molecule has 0 aromatic carbocycles. The second kappa shape index (κ2) is 7.95. The molecule has 0 spiro atoms. The number of carboxylic acids is 1. The minimum absolute atomic E-state index is 0.409. The number of halogens is 19. The fourth-order valence-electron chi connectivity index (χ4n) is 2.14. The van der Waals surface area contributed by atoms with Crippen LogP contribution in [-0.4, -0.2) is 64.6 Å². The van der Waals surface area contributed by atoms with Crippen LogP contribution in [-0.2, 0) is 4.79 Å². The number of hydrogen-bond donors (Lipinski definition) is 1. The van der Waals surface area contributed by atoms with Gasteiger partial charge in [-0.3, -0.25) is 0 Å². The van der Waals surface area contributed by atoms with Gasteiger partial charge in [-0.15, -0.1) is 0 Å². The number of hydrogen-bond acceptors (Lipinski definition) is 1. The largest absolute Gasteiger partial charge is 0.478 e. The summed E-state index contributed by atoms with van der Waals surface area (Å²) in [6.45, 7) is -0.409. The highest BCUT2D eigenvalue weighted by atomic mass is 19.4. The van der Waals surface area contributed by atoms with Crippen LogP contribution in [0.1, 0.15) is 6.92 Å². The molecule has 0 saturated heterocycles. The molecule has 1 N–H and O–H groups in total. The lowest BCUT2D eigenvalue weighted by atomic mass is 9.76. The lowest BCUT2D eigenvalue weighted by molar-refractivity contribution is -0.462. The number of allylic oxidation sites excluding steroid dienone is 1. The van der Waals surface area contributed by atoms with E-state index in [-0.39, 0.29) is 0 Å². The first-order valence-electron chi connectivity index (χ1n) is 7.35. The van der Waals surface area contributed by atoms with Crippen molar-refractivity contribution in [2.75, 3.05) is 0 Å². The summed E-state index contributed by atoms with van der Waals surface area (Å²) in [6.07, 6.45) is -27.0. The fourth-order valence-corrected chi connectivity index (χ4v) is 2.14. The molecule has 0 aliphatic carbocycles. The third-order valence-electron chi connectivity index (χ3n) is 4.03. The number of carboxylic acid groups (broad SMARTS) is 1. The summed E-state index contributed by atoms with van der Waals surface area (Å²) in [5.41, 5.74) is -19.5. The summed E-state index contributed by atoms with van der Waals surface area (Å²) in [7, 11) is 0. The number of alkyl halides is 19. The summed E-state index contributed by atoms with van der Waals surface area (Å²) in [4.78, 5) is 10.5. The highest BCUT2D eigenvalue weighted by molar-refractivity contribution is 5.86. The maximum Gasteiger partial charge on any atom is 0.457 e. The molecule has 0 aromatic rings. The number of carbonyl (C=O) groups is 1. The van der Waals surface area contributed by atoms with Gasteiger partial charge in [0.25, 0.3) is 5.67 Å². The minimum atomic E-state index is -9.13. The Morgan fingerprint density at radius 1 is 0.529 bits per heavy atom. The standard InChI is InChI=1S/C13H5F19O2/c1-3(4(33)34)2-5(14,8(18,19)12(27,28)29)7(16,17)9(20,21)6(15,11(24,25)26)10(22,23)13(30,31)32/h2H,1H3,(H,33,34). The Labute approximate surface area is 173 Å². The summed E-state index contributed by atoms with van der Waals surface area (Å²) in [5.74, 6) is -37.8. The van der Waals surface area contributed by atoms with E-state index in [2.05, 4.69) is 0 Å². The average Bonchev–Trinajstić information content (AvgIpc) is 2.56. The van der Waals surface area contributed by atoms with E-state index in [0.29, 0.717) is 0 Å². The molecule has 21 heteroatoms. The third-order valence-corrected chi connectivity index (χ3v) is 4.03. The summed E-state index contributed by atoms with van der Waals surface area (Å²) in [5, 5.41) is 8.29. The van der Waals surface area contributed by atoms with Gasteiger partial charge in [0.15, 0.2) is 0 Å². The highest BCUT2D eigenvalue weighted by Crippen LogP contribution is 2.67. The second-order valence-electron chi connectivity index (χ2n) is 6.29. The van der Waals surface area contributed by atoms with Gasteiger partial charge >= 0.3 is 53.9 Å². The lowest BCUT2D eigenvalue weighted by Crippen LogP contribution is -2.79. The van der Waals surface area contributed by atoms with Crippen LogP contribution < -0.4 is 0 Å². The predicted molar refractivity (Wildman–Crippen MR) is 67.0 cm³/mol. The van der Waals surface area contributed by atoms with Gasteiger partial charge in [-0.05, 0) is 13.0 Å². The van der Waals surface area contributed by atoms with Gasteiger partial charge in [0.2, 0.25) is 0 Å². The van der Waals surface area contributed by atoms with E-state index >= 15 is 0 Å². The zero-order valence-corrected chi connectivity index (χ0v) is 15.1. The molecule has 0 radical (unpaired) electrons. The number of aliphatic carboxylic acids is 1. The first kappa shape index (κ1) is 31.9. The topological polar surface area (TPSA) is 37.3 Å². The molecule has 0 saturated carbocycles. The SMILES string of the molecule is CC(=CC(F)(C(F)(F)C(F)(F)F)C(F)(F)C(F)(F)C(F)(C(F)(F)F)C(F)(F)C(F)(F)F)C(=O)O. The van der Waals surface area contributed by atoms with Crippen molar-refractivity contribution in [3.8, 4) is 0 Å². The van der Waals surface area contributed by atoms with Crippen LogP contribution in [0.5, 0.6) is 0 Å². The molecular formula is C13H5F19O2. The maximum absolute atomic E-state index is 14.5. The van der Waals surface area contributed by atoms with Crippen molar-refractivity contribution in [1.82, 2.24) is 0 Å². The van der Waals surface area contributed by atoms with Gasteiger partial charge in [-0.1, -0.05) is 0 Å². The zero-order chi connectivity index (χ0) is 28.4. The lowest BCUT2D eigenvalue weighted by Gasteiger charge is -2.47.